The van der Waals surface area contributed by atoms with Gasteiger partial charge in [-0.25, -0.2) is 15.0 Å². The quantitative estimate of drug-likeness (QED) is 0.569. The van der Waals surface area contributed by atoms with Gasteiger partial charge in [0.15, 0.2) is 17.3 Å². The topological polar surface area (TPSA) is 59.9 Å². The van der Waals surface area contributed by atoms with E-state index in [-0.39, 0.29) is 0 Å². The molecule has 96 valence electrons. The first kappa shape index (κ1) is 10.9. The highest BCUT2D eigenvalue weighted by Gasteiger charge is 2.16. The Bertz CT molecular complexity index is 774. The predicted octanol–water partition coefficient (Wildman–Crippen LogP) is 3.39. The Labute approximate surface area is 115 Å². The molecule has 5 heteroatoms. The van der Waals surface area contributed by atoms with E-state index in [0.29, 0.717) is 5.82 Å². The molecule has 0 fully saturated rings. The van der Waals surface area contributed by atoms with Gasteiger partial charge in [-0.3, -0.25) is 0 Å². The van der Waals surface area contributed by atoms with Crippen molar-refractivity contribution in [2.24, 2.45) is 0 Å². The molecule has 0 saturated heterocycles. The van der Waals surface area contributed by atoms with E-state index in [4.69, 9.17) is 4.74 Å². The fourth-order valence-corrected chi connectivity index (χ4v) is 2.17. The first-order chi connectivity index (χ1) is 9.90. The molecular weight excluding hydrogens is 252 g/mol. The molecule has 0 radical (unpaired) electrons. The standard InChI is InChI=1S/C15H10N4O/c1-2-4-13-11(3-1)19-12-7-10(5-6-14(12)20-13)15-17-8-16-9-18-15/h1-9,19H. The SMILES string of the molecule is c1ccc2c(c1)Nc1cc(-c3ncncn3)ccc1O2. The molecule has 0 atom stereocenters. The Hall–Kier alpha value is -2.95. The van der Waals surface area contributed by atoms with Crippen LogP contribution in [-0.2, 0) is 0 Å². The van der Waals surface area contributed by atoms with Gasteiger partial charge >= 0.3 is 0 Å². The minimum Gasteiger partial charge on any atom is -0.453 e. The summed E-state index contributed by atoms with van der Waals surface area (Å²) in [6, 6.07) is 13.7. The van der Waals surface area contributed by atoms with Crippen LogP contribution in [0.4, 0.5) is 11.4 Å². The van der Waals surface area contributed by atoms with Crippen molar-refractivity contribution in [1.82, 2.24) is 15.0 Å². The van der Waals surface area contributed by atoms with Crippen LogP contribution in [0.2, 0.25) is 0 Å². The lowest BCUT2D eigenvalue weighted by atomic mass is 10.1. The van der Waals surface area contributed by atoms with Gasteiger partial charge in [0.25, 0.3) is 0 Å². The van der Waals surface area contributed by atoms with Crippen LogP contribution >= 0.6 is 0 Å². The first-order valence-corrected chi connectivity index (χ1v) is 6.20. The number of nitrogens with one attached hydrogen (secondary N) is 1. The number of hydrogen-bond donors (Lipinski definition) is 1. The van der Waals surface area contributed by atoms with Crippen molar-refractivity contribution in [3.05, 3.63) is 55.1 Å². The minimum atomic E-state index is 0.642. The van der Waals surface area contributed by atoms with Gasteiger partial charge in [0.2, 0.25) is 0 Å². The third-order valence-electron chi connectivity index (χ3n) is 3.11. The summed E-state index contributed by atoms with van der Waals surface area (Å²) < 4.78 is 5.85. The second-order valence-electron chi connectivity index (χ2n) is 4.40. The van der Waals surface area contributed by atoms with Crippen LogP contribution in [0, 0.1) is 0 Å². The average molecular weight is 262 g/mol. The van der Waals surface area contributed by atoms with Crippen LogP contribution in [0.5, 0.6) is 11.5 Å². The number of hydrogen-bond acceptors (Lipinski definition) is 5. The zero-order valence-electron chi connectivity index (χ0n) is 10.4. The van der Waals surface area contributed by atoms with Gasteiger partial charge in [-0.2, -0.15) is 0 Å². The Morgan fingerprint density at radius 3 is 2.55 bits per heavy atom. The van der Waals surface area contributed by atoms with Crippen LogP contribution in [0.25, 0.3) is 11.4 Å². The summed E-state index contributed by atoms with van der Waals surface area (Å²) in [6.45, 7) is 0. The number of ether oxygens (including phenoxy) is 1. The third kappa shape index (κ3) is 1.76. The van der Waals surface area contributed by atoms with E-state index in [9.17, 15) is 0 Å². The summed E-state index contributed by atoms with van der Waals surface area (Å²) in [5.41, 5.74) is 2.77. The van der Waals surface area contributed by atoms with Crippen molar-refractivity contribution < 1.29 is 4.74 Å². The van der Waals surface area contributed by atoms with E-state index >= 15 is 0 Å². The van der Waals surface area contributed by atoms with Gasteiger partial charge in [-0.1, -0.05) is 12.1 Å². The highest BCUT2D eigenvalue weighted by atomic mass is 16.5. The van der Waals surface area contributed by atoms with Crippen LogP contribution in [0.3, 0.4) is 0 Å². The zero-order chi connectivity index (χ0) is 13.4. The van der Waals surface area contributed by atoms with Crippen molar-refractivity contribution in [2.45, 2.75) is 0 Å². The summed E-state index contributed by atoms with van der Waals surface area (Å²) >= 11 is 0. The van der Waals surface area contributed by atoms with Crippen molar-refractivity contribution in [1.29, 1.82) is 0 Å². The number of benzene rings is 2. The predicted molar refractivity (Wildman–Crippen MR) is 75.1 cm³/mol. The molecule has 20 heavy (non-hydrogen) atoms. The molecule has 2 heterocycles. The maximum atomic E-state index is 5.85. The van der Waals surface area contributed by atoms with E-state index in [1.54, 1.807) is 0 Å². The monoisotopic (exact) mass is 262 g/mol. The highest BCUT2D eigenvalue weighted by Crippen LogP contribution is 2.42. The zero-order valence-corrected chi connectivity index (χ0v) is 10.4. The Kier molecular flexibility index (Phi) is 2.35. The Morgan fingerprint density at radius 2 is 1.65 bits per heavy atom. The van der Waals surface area contributed by atoms with E-state index in [2.05, 4.69) is 20.3 Å². The van der Waals surface area contributed by atoms with E-state index in [0.717, 1.165) is 28.4 Å². The van der Waals surface area contributed by atoms with Crippen LogP contribution in [0.15, 0.2) is 55.1 Å². The van der Waals surface area contributed by atoms with Crippen molar-refractivity contribution >= 4 is 11.4 Å². The van der Waals surface area contributed by atoms with Crippen LogP contribution < -0.4 is 10.1 Å². The fourth-order valence-electron chi connectivity index (χ4n) is 2.17. The molecule has 0 bridgehead atoms. The van der Waals surface area contributed by atoms with E-state index in [1.165, 1.54) is 12.7 Å². The van der Waals surface area contributed by atoms with Gasteiger partial charge in [0, 0.05) is 5.56 Å². The largest absolute Gasteiger partial charge is 0.453 e. The average Bonchev–Trinajstić information content (AvgIpc) is 2.53. The van der Waals surface area contributed by atoms with Gasteiger partial charge in [-0.05, 0) is 30.3 Å². The summed E-state index contributed by atoms with van der Waals surface area (Å²) in [5.74, 6) is 2.26. The Balaban J connectivity index is 1.77. The minimum absolute atomic E-state index is 0.642. The molecule has 4 rings (SSSR count). The molecule has 1 aliphatic rings. The summed E-state index contributed by atoms with van der Waals surface area (Å²) in [6.07, 6.45) is 2.97. The van der Waals surface area contributed by atoms with Gasteiger partial charge in [0.1, 0.15) is 12.7 Å². The molecule has 1 aliphatic heterocycles. The number of fused-ring (bicyclic) bond motifs is 2. The van der Waals surface area contributed by atoms with Crippen molar-refractivity contribution in [3.63, 3.8) is 0 Å². The summed E-state index contributed by atoms with van der Waals surface area (Å²) in [7, 11) is 0. The molecule has 0 amide bonds. The molecule has 0 saturated carbocycles. The summed E-state index contributed by atoms with van der Waals surface area (Å²) in [4.78, 5) is 12.1. The molecule has 0 unspecified atom stereocenters. The number of nitrogens with zero attached hydrogens (tertiary/aromatic N) is 3. The smallest absolute Gasteiger partial charge is 0.162 e. The van der Waals surface area contributed by atoms with Crippen molar-refractivity contribution in [3.8, 4) is 22.9 Å². The van der Waals surface area contributed by atoms with Gasteiger partial charge in [-0.15, -0.1) is 0 Å². The van der Waals surface area contributed by atoms with E-state index in [1.807, 2.05) is 42.5 Å². The third-order valence-corrected chi connectivity index (χ3v) is 3.11. The number of aromatic nitrogens is 3. The second kappa shape index (κ2) is 4.31. The lowest BCUT2D eigenvalue weighted by Gasteiger charge is -2.21. The molecule has 5 nitrogen and oxygen atoms in total. The van der Waals surface area contributed by atoms with Crippen LogP contribution in [0.1, 0.15) is 0 Å². The number of rotatable bonds is 1. The lowest BCUT2D eigenvalue weighted by Crippen LogP contribution is -2.02. The molecule has 3 aromatic rings. The Morgan fingerprint density at radius 1 is 0.850 bits per heavy atom. The van der Waals surface area contributed by atoms with Gasteiger partial charge < -0.3 is 10.1 Å². The molecule has 0 spiro atoms. The maximum Gasteiger partial charge on any atom is 0.162 e. The normalized spacial score (nSPS) is 11.8. The first-order valence-electron chi connectivity index (χ1n) is 6.20. The molecule has 2 aromatic carbocycles. The molecule has 1 N–H and O–H groups in total. The highest BCUT2D eigenvalue weighted by molar-refractivity contribution is 5.78. The van der Waals surface area contributed by atoms with Gasteiger partial charge in [0.05, 0.1) is 11.4 Å². The van der Waals surface area contributed by atoms with E-state index < -0.39 is 0 Å². The number of para-hydroxylation sites is 2. The molecule has 0 aliphatic carbocycles. The molecular formula is C15H10N4O. The molecule has 1 aromatic heterocycles. The second-order valence-corrected chi connectivity index (χ2v) is 4.40. The van der Waals surface area contributed by atoms with Crippen molar-refractivity contribution in [2.75, 3.05) is 5.32 Å². The lowest BCUT2D eigenvalue weighted by molar-refractivity contribution is 0.481. The number of anilines is 2. The summed E-state index contributed by atoms with van der Waals surface area (Å²) in [5, 5.41) is 3.35. The fraction of sp³-hybridized carbons (Fsp3) is 0. The van der Waals surface area contributed by atoms with Crippen LogP contribution in [-0.4, -0.2) is 15.0 Å². The maximum absolute atomic E-state index is 5.85.